The second-order valence-electron chi connectivity index (χ2n) is 2.41. The van der Waals surface area contributed by atoms with Gasteiger partial charge in [-0.2, -0.15) is 0 Å². The highest BCUT2D eigenvalue weighted by atomic mass is 19.1. The summed E-state index contributed by atoms with van der Waals surface area (Å²) in [4.78, 5) is 3.44. The van der Waals surface area contributed by atoms with Crippen LogP contribution >= 0.6 is 0 Å². The molecule has 0 aromatic carbocycles. The second kappa shape index (κ2) is 13.0. The Kier molecular flexibility index (Phi) is 15.0. The number of halogens is 1. The van der Waals surface area contributed by atoms with Gasteiger partial charge in [-0.3, -0.25) is 4.99 Å². The molecule has 0 fully saturated rings. The topological polar surface area (TPSA) is 12.4 Å². The third-order valence-electron chi connectivity index (χ3n) is 1.24. The normalized spacial score (nSPS) is 11.2. The summed E-state index contributed by atoms with van der Waals surface area (Å²) in [5, 5.41) is 0. The molecule has 0 saturated heterocycles. The molecule has 2 heteroatoms. The van der Waals surface area contributed by atoms with Crippen molar-refractivity contribution in [2.24, 2.45) is 4.99 Å². The maximum absolute atomic E-state index is 11.8. The van der Waals surface area contributed by atoms with E-state index in [1.165, 1.54) is 38.6 Å². The second-order valence-corrected chi connectivity index (χ2v) is 2.41. The van der Waals surface area contributed by atoms with Crippen molar-refractivity contribution in [2.45, 2.75) is 40.0 Å². The van der Waals surface area contributed by atoms with E-state index in [9.17, 15) is 4.39 Å². The lowest BCUT2D eigenvalue weighted by atomic mass is 10.3. The Morgan fingerprint density at radius 2 is 1.83 bits per heavy atom. The minimum Gasteiger partial charge on any atom is -0.293 e. The van der Waals surface area contributed by atoms with E-state index < -0.39 is 0 Å². The summed E-state index contributed by atoms with van der Waals surface area (Å²) in [5.74, 6) is -0.289. The number of hydrogen-bond acceptors (Lipinski definition) is 1. The number of aliphatic imine (C=N–C) groups is 1. The van der Waals surface area contributed by atoms with Gasteiger partial charge < -0.3 is 0 Å². The molecule has 0 aliphatic carbocycles. The summed E-state index contributed by atoms with van der Waals surface area (Å²) in [6.45, 7) is 6.05. The number of unbranched alkanes of at least 4 members (excludes halogenated alkanes) is 2. The van der Waals surface area contributed by atoms with Crippen LogP contribution < -0.4 is 0 Å². The first-order valence-corrected chi connectivity index (χ1v) is 4.46. The molecule has 0 rings (SSSR count). The number of allylic oxidation sites excluding steroid dienone is 2. The van der Waals surface area contributed by atoms with Gasteiger partial charge in [-0.1, -0.05) is 39.2 Å². The van der Waals surface area contributed by atoms with Crippen LogP contribution in [0.15, 0.2) is 16.9 Å². The van der Waals surface area contributed by atoms with Crippen LogP contribution in [0.4, 0.5) is 4.39 Å². The summed E-state index contributed by atoms with van der Waals surface area (Å²) in [6.07, 6.45) is 6.60. The van der Waals surface area contributed by atoms with Gasteiger partial charge in [0.05, 0.1) is 6.21 Å². The van der Waals surface area contributed by atoms with E-state index >= 15 is 0 Å². The van der Waals surface area contributed by atoms with Gasteiger partial charge in [0, 0.05) is 7.05 Å². The largest absolute Gasteiger partial charge is 0.293 e. The fourth-order valence-electron chi connectivity index (χ4n) is 0.551. The molecule has 0 heterocycles. The monoisotopic (exact) mass is 173 g/mol. The first-order valence-electron chi connectivity index (χ1n) is 4.46. The Labute approximate surface area is 75.4 Å². The van der Waals surface area contributed by atoms with Crippen LogP contribution in [0.3, 0.4) is 0 Å². The van der Waals surface area contributed by atoms with Gasteiger partial charge in [0.15, 0.2) is 0 Å². The van der Waals surface area contributed by atoms with E-state index in [1.807, 2.05) is 0 Å². The van der Waals surface area contributed by atoms with E-state index in [4.69, 9.17) is 0 Å². The molecule has 0 N–H and O–H groups in total. The van der Waals surface area contributed by atoms with Crippen molar-refractivity contribution in [3.8, 4) is 0 Å². The first-order chi connectivity index (χ1) is 5.72. The summed E-state index contributed by atoms with van der Waals surface area (Å²) < 4.78 is 11.8. The van der Waals surface area contributed by atoms with E-state index in [1.54, 1.807) is 6.92 Å². The van der Waals surface area contributed by atoms with Gasteiger partial charge in [-0.15, -0.1) is 0 Å². The maximum Gasteiger partial charge on any atom is 0.136 e. The highest BCUT2D eigenvalue weighted by molar-refractivity contribution is 5.75. The minimum absolute atomic E-state index is 0.289. The van der Waals surface area contributed by atoms with Crippen LogP contribution in [-0.4, -0.2) is 13.3 Å². The van der Waals surface area contributed by atoms with Crippen molar-refractivity contribution in [3.63, 3.8) is 0 Å². The van der Waals surface area contributed by atoms with E-state index in [-0.39, 0.29) is 5.83 Å². The fourth-order valence-corrected chi connectivity index (χ4v) is 0.551. The Balaban J connectivity index is 0. The SMILES string of the molecule is C/C=C(/F)C=NC.CCCCC. The van der Waals surface area contributed by atoms with Crippen LogP contribution in [0.25, 0.3) is 0 Å². The average Bonchev–Trinajstić information content (AvgIpc) is 2.07. The molecule has 0 aliphatic heterocycles. The first kappa shape index (κ1) is 13.9. The molecule has 0 atom stereocenters. The number of hydrogen-bond donors (Lipinski definition) is 0. The zero-order valence-corrected chi connectivity index (χ0v) is 8.60. The summed E-state index contributed by atoms with van der Waals surface area (Å²) in [5.41, 5.74) is 0. The highest BCUT2D eigenvalue weighted by Crippen LogP contribution is 1.88. The van der Waals surface area contributed by atoms with Crippen molar-refractivity contribution >= 4 is 6.21 Å². The zero-order chi connectivity index (χ0) is 9.82. The molecule has 0 spiro atoms. The predicted octanol–water partition coefficient (Wildman–Crippen LogP) is 3.76. The summed E-state index contributed by atoms with van der Waals surface area (Å²) in [7, 11) is 1.53. The van der Waals surface area contributed by atoms with Crippen molar-refractivity contribution in [1.29, 1.82) is 0 Å². The third kappa shape index (κ3) is 16.2. The van der Waals surface area contributed by atoms with E-state index in [0.717, 1.165) is 0 Å². The lowest BCUT2D eigenvalue weighted by Gasteiger charge is -1.79. The quantitative estimate of drug-likeness (QED) is 0.576. The van der Waals surface area contributed by atoms with Crippen molar-refractivity contribution < 1.29 is 4.39 Å². The van der Waals surface area contributed by atoms with Crippen molar-refractivity contribution in [2.75, 3.05) is 7.05 Å². The van der Waals surface area contributed by atoms with Gasteiger partial charge >= 0.3 is 0 Å². The van der Waals surface area contributed by atoms with Crippen LogP contribution in [0.5, 0.6) is 0 Å². The number of nitrogens with zero attached hydrogens (tertiary/aromatic N) is 1. The molecule has 0 unspecified atom stereocenters. The molecule has 72 valence electrons. The van der Waals surface area contributed by atoms with Gasteiger partial charge in [0.1, 0.15) is 5.83 Å². The van der Waals surface area contributed by atoms with Gasteiger partial charge in [0.2, 0.25) is 0 Å². The molecule has 0 bridgehead atoms. The molecule has 12 heavy (non-hydrogen) atoms. The van der Waals surface area contributed by atoms with E-state index in [0.29, 0.717) is 0 Å². The predicted molar refractivity (Wildman–Crippen MR) is 54.5 cm³/mol. The van der Waals surface area contributed by atoms with Crippen LogP contribution in [-0.2, 0) is 0 Å². The molecule has 0 amide bonds. The molecule has 0 saturated carbocycles. The van der Waals surface area contributed by atoms with Gasteiger partial charge in [-0.25, -0.2) is 4.39 Å². The summed E-state index contributed by atoms with van der Waals surface area (Å²) >= 11 is 0. The molecule has 0 aliphatic rings. The maximum atomic E-state index is 11.8. The minimum atomic E-state index is -0.289. The molecule has 0 aromatic heterocycles. The van der Waals surface area contributed by atoms with Gasteiger partial charge in [-0.05, 0) is 6.92 Å². The Morgan fingerprint density at radius 3 is 1.92 bits per heavy atom. The Morgan fingerprint density at radius 1 is 1.33 bits per heavy atom. The average molecular weight is 173 g/mol. The van der Waals surface area contributed by atoms with Crippen LogP contribution in [0.2, 0.25) is 0 Å². The van der Waals surface area contributed by atoms with E-state index in [2.05, 4.69) is 18.8 Å². The standard InChI is InChI=1S/C5H8FN.C5H12/c1-3-5(6)4-7-2;1-3-5-4-2/h3-4H,1-2H3;3-5H2,1-2H3/b5-3+,7-4?;. The lowest BCUT2D eigenvalue weighted by molar-refractivity contribution is 0.684. The van der Waals surface area contributed by atoms with Crippen LogP contribution in [0.1, 0.15) is 40.0 Å². The highest BCUT2D eigenvalue weighted by Gasteiger charge is 1.77. The Hall–Kier alpha value is -0.660. The summed E-state index contributed by atoms with van der Waals surface area (Å²) in [6, 6.07) is 0. The lowest BCUT2D eigenvalue weighted by Crippen LogP contribution is -1.69. The molecular weight excluding hydrogens is 153 g/mol. The zero-order valence-electron chi connectivity index (χ0n) is 8.60. The van der Waals surface area contributed by atoms with Gasteiger partial charge in [0.25, 0.3) is 0 Å². The molecule has 0 aromatic rings. The molecule has 0 radical (unpaired) electrons. The fraction of sp³-hybridized carbons (Fsp3) is 0.700. The smallest absolute Gasteiger partial charge is 0.136 e. The Bertz CT molecular complexity index is 126. The van der Waals surface area contributed by atoms with Crippen molar-refractivity contribution in [1.82, 2.24) is 0 Å². The van der Waals surface area contributed by atoms with Crippen molar-refractivity contribution in [3.05, 3.63) is 11.9 Å². The molecular formula is C10H20FN. The third-order valence-corrected chi connectivity index (χ3v) is 1.24. The molecule has 1 nitrogen and oxygen atoms in total. The number of rotatable bonds is 3. The van der Waals surface area contributed by atoms with Crippen LogP contribution in [0, 0.1) is 0 Å².